The highest BCUT2D eigenvalue weighted by Gasteiger charge is 2.06. The van der Waals surface area contributed by atoms with Crippen molar-refractivity contribution < 1.29 is 9.13 Å². The molecule has 0 aliphatic rings. The molecule has 0 N–H and O–H groups in total. The third kappa shape index (κ3) is 1.30. The SMILES string of the molecule is COc1nc2ccccc2nc1F. The average molecular weight is 178 g/mol. The highest BCUT2D eigenvalue weighted by atomic mass is 19.1. The lowest BCUT2D eigenvalue weighted by Gasteiger charge is -2.01. The van der Waals surface area contributed by atoms with Crippen molar-refractivity contribution in [2.75, 3.05) is 7.11 Å². The van der Waals surface area contributed by atoms with Gasteiger partial charge in [0.1, 0.15) is 0 Å². The van der Waals surface area contributed by atoms with Crippen LogP contribution < -0.4 is 4.74 Å². The van der Waals surface area contributed by atoms with E-state index in [-0.39, 0.29) is 5.88 Å². The van der Waals surface area contributed by atoms with Gasteiger partial charge in [-0.05, 0) is 12.1 Å². The Hall–Kier alpha value is -1.71. The Morgan fingerprint density at radius 1 is 1.15 bits per heavy atom. The van der Waals surface area contributed by atoms with Gasteiger partial charge in [0.25, 0.3) is 11.8 Å². The lowest BCUT2D eigenvalue weighted by atomic mass is 10.3. The zero-order valence-electron chi connectivity index (χ0n) is 6.99. The Balaban J connectivity index is 2.74. The third-order valence-corrected chi connectivity index (χ3v) is 1.69. The van der Waals surface area contributed by atoms with Gasteiger partial charge in [-0.3, -0.25) is 0 Å². The molecule has 1 heterocycles. The Labute approximate surface area is 74.2 Å². The van der Waals surface area contributed by atoms with Crippen molar-refractivity contribution in [3.8, 4) is 5.88 Å². The molecule has 0 saturated carbocycles. The molecule has 1 aromatic carbocycles. The largest absolute Gasteiger partial charge is 0.478 e. The summed E-state index contributed by atoms with van der Waals surface area (Å²) in [6, 6.07) is 7.05. The van der Waals surface area contributed by atoms with Crippen LogP contribution in [-0.2, 0) is 0 Å². The molecule has 0 unspecified atom stereocenters. The fourth-order valence-corrected chi connectivity index (χ4v) is 1.09. The zero-order chi connectivity index (χ0) is 9.26. The van der Waals surface area contributed by atoms with Gasteiger partial charge in [-0.2, -0.15) is 4.39 Å². The van der Waals surface area contributed by atoms with Gasteiger partial charge >= 0.3 is 0 Å². The number of para-hydroxylation sites is 2. The topological polar surface area (TPSA) is 35.0 Å². The van der Waals surface area contributed by atoms with E-state index in [9.17, 15) is 4.39 Å². The van der Waals surface area contributed by atoms with Gasteiger partial charge in [0, 0.05) is 0 Å². The number of nitrogens with zero attached hydrogens (tertiary/aromatic N) is 2. The van der Waals surface area contributed by atoms with Crippen LogP contribution in [0.25, 0.3) is 11.0 Å². The molecule has 0 spiro atoms. The van der Waals surface area contributed by atoms with Crippen molar-refractivity contribution in [3.63, 3.8) is 0 Å². The summed E-state index contributed by atoms with van der Waals surface area (Å²) in [6.45, 7) is 0. The fourth-order valence-electron chi connectivity index (χ4n) is 1.09. The van der Waals surface area contributed by atoms with E-state index in [0.29, 0.717) is 11.0 Å². The van der Waals surface area contributed by atoms with Gasteiger partial charge in [0.15, 0.2) is 0 Å². The van der Waals surface area contributed by atoms with Crippen molar-refractivity contribution in [2.45, 2.75) is 0 Å². The van der Waals surface area contributed by atoms with E-state index in [1.54, 1.807) is 18.2 Å². The number of fused-ring (bicyclic) bond motifs is 1. The number of methoxy groups -OCH3 is 1. The molecule has 2 rings (SSSR count). The van der Waals surface area contributed by atoms with Crippen LogP contribution >= 0.6 is 0 Å². The van der Waals surface area contributed by atoms with Crippen LogP contribution in [0.4, 0.5) is 4.39 Å². The Bertz CT molecular complexity index is 445. The number of benzene rings is 1. The predicted molar refractivity (Wildman–Crippen MR) is 46.0 cm³/mol. The summed E-state index contributed by atoms with van der Waals surface area (Å²) in [5.74, 6) is -0.750. The number of halogens is 1. The summed E-state index contributed by atoms with van der Waals surface area (Å²) in [4.78, 5) is 7.63. The maximum atomic E-state index is 13.0. The molecule has 3 nitrogen and oxygen atoms in total. The third-order valence-electron chi connectivity index (χ3n) is 1.69. The molecule has 0 amide bonds. The maximum Gasteiger partial charge on any atom is 0.276 e. The predicted octanol–water partition coefficient (Wildman–Crippen LogP) is 1.78. The molecule has 0 saturated heterocycles. The van der Waals surface area contributed by atoms with Gasteiger partial charge in [0.05, 0.1) is 18.1 Å². The first-order valence-corrected chi connectivity index (χ1v) is 3.77. The molecule has 13 heavy (non-hydrogen) atoms. The molecule has 2 aromatic rings. The van der Waals surface area contributed by atoms with Crippen molar-refractivity contribution >= 4 is 11.0 Å². The second-order valence-corrected chi connectivity index (χ2v) is 2.51. The molecule has 0 radical (unpaired) electrons. The van der Waals surface area contributed by atoms with Crippen LogP contribution in [-0.4, -0.2) is 17.1 Å². The van der Waals surface area contributed by atoms with Crippen LogP contribution in [0.3, 0.4) is 0 Å². The molecule has 0 aliphatic carbocycles. The molecule has 1 aromatic heterocycles. The van der Waals surface area contributed by atoms with Crippen LogP contribution in [0.15, 0.2) is 24.3 Å². The summed E-state index contributed by atoms with van der Waals surface area (Å²) < 4.78 is 17.7. The van der Waals surface area contributed by atoms with Crippen LogP contribution in [0.2, 0.25) is 0 Å². The van der Waals surface area contributed by atoms with Crippen LogP contribution in [0.5, 0.6) is 5.88 Å². The summed E-state index contributed by atoms with van der Waals surface area (Å²) in [6.07, 6.45) is 0. The monoisotopic (exact) mass is 178 g/mol. The second-order valence-electron chi connectivity index (χ2n) is 2.51. The smallest absolute Gasteiger partial charge is 0.276 e. The first-order valence-electron chi connectivity index (χ1n) is 3.77. The minimum atomic E-state index is -0.679. The van der Waals surface area contributed by atoms with Crippen molar-refractivity contribution in [1.82, 2.24) is 9.97 Å². The minimum absolute atomic E-state index is 0.0706. The van der Waals surface area contributed by atoms with Gasteiger partial charge in [-0.25, -0.2) is 9.97 Å². The first-order chi connectivity index (χ1) is 6.31. The number of ether oxygens (including phenoxy) is 1. The number of hydrogen-bond acceptors (Lipinski definition) is 3. The molecule has 0 atom stereocenters. The molecule has 4 heteroatoms. The van der Waals surface area contributed by atoms with Gasteiger partial charge < -0.3 is 4.74 Å². The summed E-state index contributed by atoms with van der Waals surface area (Å²) in [7, 11) is 1.36. The van der Waals surface area contributed by atoms with Crippen LogP contribution in [0.1, 0.15) is 0 Å². The van der Waals surface area contributed by atoms with E-state index in [4.69, 9.17) is 4.74 Å². The molecule has 0 aliphatic heterocycles. The van der Waals surface area contributed by atoms with Gasteiger partial charge in [0.2, 0.25) is 0 Å². The molecular formula is C9H7FN2O. The average Bonchev–Trinajstić information content (AvgIpc) is 2.17. The maximum absolute atomic E-state index is 13.0. The quantitative estimate of drug-likeness (QED) is 0.667. The standard InChI is InChI=1S/C9H7FN2O/c1-13-9-8(10)11-6-4-2-3-5-7(6)12-9/h2-5H,1H3. The summed E-state index contributed by atoms with van der Waals surface area (Å²) in [5, 5.41) is 0. The highest BCUT2D eigenvalue weighted by molar-refractivity contribution is 5.74. The van der Waals surface area contributed by atoms with Crippen molar-refractivity contribution in [3.05, 3.63) is 30.2 Å². The summed E-state index contributed by atoms with van der Waals surface area (Å²) >= 11 is 0. The first kappa shape index (κ1) is 7.91. The number of hydrogen-bond donors (Lipinski definition) is 0. The van der Waals surface area contributed by atoms with E-state index in [0.717, 1.165) is 0 Å². The van der Waals surface area contributed by atoms with Crippen molar-refractivity contribution in [2.24, 2.45) is 0 Å². The normalized spacial score (nSPS) is 10.3. The number of aromatic nitrogens is 2. The van der Waals surface area contributed by atoms with Crippen molar-refractivity contribution in [1.29, 1.82) is 0 Å². The van der Waals surface area contributed by atoms with Gasteiger partial charge in [-0.15, -0.1) is 0 Å². The summed E-state index contributed by atoms with van der Waals surface area (Å²) in [5.41, 5.74) is 1.15. The number of rotatable bonds is 1. The van der Waals surface area contributed by atoms with E-state index in [2.05, 4.69) is 9.97 Å². The molecular weight excluding hydrogens is 171 g/mol. The molecule has 0 fully saturated rings. The lowest BCUT2D eigenvalue weighted by Crippen LogP contribution is -1.95. The van der Waals surface area contributed by atoms with E-state index in [1.807, 2.05) is 6.07 Å². The second kappa shape index (κ2) is 2.97. The Kier molecular flexibility index (Phi) is 1.81. The fraction of sp³-hybridized carbons (Fsp3) is 0.111. The minimum Gasteiger partial charge on any atom is -0.478 e. The van der Waals surface area contributed by atoms with E-state index < -0.39 is 5.95 Å². The van der Waals surface area contributed by atoms with E-state index in [1.165, 1.54) is 7.11 Å². The van der Waals surface area contributed by atoms with E-state index >= 15 is 0 Å². The molecule has 0 bridgehead atoms. The Morgan fingerprint density at radius 2 is 1.77 bits per heavy atom. The molecule has 66 valence electrons. The van der Waals surface area contributed by atoms with Crippen LogP contribution in [0, 0.1) is 5.95 Å². The van der Waals surface area contributed by atoms with Gasteiger partial charge in [-0.1, -0.05) is 12.1 Å². The zero-order valence-corrected chi connectivity index (χ0v) is 6.99. The highest BCUT2D eigenvalue weighted by Crippen LogP contribution is 2.16. The Morgan fingerprint density at radius 3 is 2.38 bits per heavy atom. The lowest BCUT2D eigenvalue weighted by molar-refractivity contribution is 0.363.